The van der Waals surface area contributed by atoms with E-state index >= 15 is 0 Å². The number of hydrogen-bond acceptors (Lipinski definition) is 2. The molecule has 10 atom stereocenters. The minimum atomic E-state index is 0.0455. The van der Waals surface area contributed by atoms with Crippen molar-refractivity contribution in [3.8, 4) is 0 Å². The Bertz CT molecular complexity index is 803. The molecule has 1 spiro atoms. The normalized spacial score (nSPS) is 60.1. The lowest BCUT2D eigenvalue weighted by molar-refractivity contribution is -0.230. The number of aliphatic hydroxyl groups is 1. The molecule has 6 fully saturated rings. The van der Waals surface area contributed by atoms with Gasteiger partial charge in [-0.1, -0.05) is 54.9 Å². The van der Waals surface area contributed by atoms with E-state index in [9.17, 15) is 5.11 Å². The molecule has 2 heteroatoms. The molecular formula is C30H50O2. The zero-order chi connectivity index (χ0) is 22.9. The van der Waals surface area contributed by atoms with Crippen molar-refractivity contribution in [1.29, 1.82) is 0 Å². The van der Waals surface area contributed by atoms with Crippen LogP contribution in [0.25, 0.3) is 0 Å². The summed E-state index contributed by atoms with van der Waals surface area (Å²) < 4.78 is 7.06. The van der Waals surface area contributed by atoms with E-state index in [1.807, 2.05) is 0 Å². The van der Waals surface area contributed by atoms with Crippen LogP contribution in [0.4, 0.5) is 0 Å². The van der Waals surface area contributed by atoms with Crippen molar-refractivity contribution in [3.05, 3.63) is 0 Å². The number of epoxide rings is 1. The Kier molecular flexibility index (Phi) is 4.46. The molecule has 0 bridgehead atoms. The van der Waals surface area contributed by atoms with Gasteiger partial charge in [-0.2, -0.15) is 0 Å². The van der Waals surface area contributed by atoms with Crippen LogP contribution in [0.5, 0.6) is 0 Å². The predicted molar refractivity (Wildman–Crippen MR) is 130 cm³/mol. The fraction of sp³-hybridized carbons (Fsp3) is 1.00. The van der Waals surface area contributed by atoms with Crippen molar-refractivity contribution < 1.29 is 9.84 Å². The maximum atomic E-state index is 11.1. The molecule has 0 amide bonds. The van der Waals surface area contributed by atoms with E-state index in [0.29, 0.717) is 40.8 Å². The Morgan fingerprint density at radius 2 is 1.59 bits per heavy atom. The summed E-state index contributed by atoms with van der Waals surface area (Å²) >= 11 is 0. The number of fused-ring (bicyclic) bond motifs is 5. The van der Waals surface area contributed by atoms with E-state index in [0.717, 1.165) is 17.8 Å². The summed E-state index contributed by atoms with van der Waals surface area (Å²) in [7, 11) is 0. The average Bonchev–Trinajstić information content (AvgIpc) is 3.35. The molecule has 6 rings (SSSR count). The number of hydrogen-bond donors (Lipinski definition) is 1. The predicted octanol–water partition coefficient (Wildman–Crippen LogP) is 7.24. The van der Waals surface area contributed by atoms with E-state index in [2.05, 4.69) is 48.5 Å². The zero-order valence-electron chi connectivity index (χ0n) is 22.1. The van der Waals surface area contributed by atoms with Gasteiger partial charge in [0.2, 0.25) is 0 Å². The van der Waals surface area contributed by atoms with Gasteiger partial charge in [-0.15, -0.1) is 0 Å². The second-order valence-corrected chi connectivity index (χ2v) is 15.2. The lowest BCUT2D eigenvalue weighted by Crippen LogP contribution is -2.70. The van der Waals surface area contributed by atoms with Gasteiger partial charge in [-0.05, 0) is 104 Å². The second-order valence-electron chi connectivity index (χ2n) is 15.2. The van der Waals surface area contributed by atoms with Crippen LogP contribution in [0.3, 0.4) is 0 Å². The summed E-state index contributed by atoms with van der Waals surface area (Å²) in [5, 5.41) is 11.1. The SMILES string of the molecule is CC(C)[C@H]1CCC2[C@]1(C)CC[C@@]1(C)[C@@]2(C)CCC2[C@@]3(CO)CCCC(C)(C)C3C[C@H]3O[C@@]231. The van der Waals surface area contributed by atoms with E-state index < -0.39 is 0 Å². The zero-order valence-corrected chi connectivity index (χ0v) is 22.1. The molecular weight excluding hydrogens is 392 g/mol. The van der Waals surface area contributed by atoms with Crippen molar-refractivity contribution in [3.63, 3.8) is 0 Å². The maximum Gasteiger partial charge on any atom is 0.104 e. The summed E-state index contributed by atoms with van der Waals surface area (Å²) in [6, 6.07) is 0. The summed E-state index contributed by atoms with van der Waals surface area (Å²) in [6.07, 6.45) is 13.7. The molecule has 32 heavy (non-hydrogen) atoms. The van der Waals surface area contributed by atoms with Gasteiger partial charge in [0.1, 0.15) is 5.60 Å². The Morgan fingerprint density at radius 3 is 2.28 bits per heavy atom. The minimum Gasteiger partial charge on any atom is -0.396 e. The molecule has 1 aliphatic heterocycles. The van der Waals surface area contributed by atoms with Gasteiger partial charge < -0.3 is 9.84 Å². The molecule has 1 saturated heterocycles. The Labute approximate surface area is 197 Å². The molecule has 182 valence electrons. The van der Waals surface area contributed by atoms with Gasteiger partial charge in [0.05, 0.1) is 6.10 Å². The third kappa shape index (κ3) is 2.23. The molecule has 1 N–H and O–H groups in total. The molecule has 2 nitrogen and oxygen atoms in total. The summed E-state index contributed by atoms with van der Waals surface area (Å²) in [5.41, 5.74) is 1.62. The Morgan fingerprint density at radius 1 is 0.844 bits per heavy atom. The number of aliphatic hydroxyl groups excluding tert-OH is 1. The monoisotopic (exact) mass is 442 g/mol. The molecule has 3 unspecified atom stereocenters. The fourth-order valence-electron chi connectivity index (χ4n) is 12.5. The van der Waals surface area contributed by atoms with Gasteiger partial charge in [0, 0.05) is 17.4 Å². The lowest BCUT2D eigenvalue weighted by Gasteiger charge is -2.70. The molecule has 0 aromatic rings. The topological polar surface area (TPSA) is 32.8 Å². The van der Waals surface area contributed by atoms with E-state index in [-0.39, 0.29) is 16.4 Å². The van der Waals surface area contributed by atoms with Gasteiger partial charge in [0.25, 0.3) is 0 Å². The van der Waals surface area contributed by atoms with Gasteiger partial charge in [-0.25, -0.2) is 0 Å². The molecule has 1 heterocycles. The molecule has 5 aliphatic carbocycles. The molecule has 5 saturated carbocycles. The van der Waals surface area contributed by atoms with Crippen molar-refractivity contribution in [2.45, 2.75) is 124 Å². The first-order chi connectivity index (χ1) is 14.9. The first-order valence-electron chi connectivity index (χ1n) is 14.2. The van der Waals surface area contributed by atoms with E-state index in [1.54, 1.807) is 0 Å². The quantitative estimate of drug-likeness (QED) is 0.457. The molecule has 6 aliphatic rings. The smallest absolute Gasteiger partial charge is 0.104 e. The second kappa shape index (κ2) is 6.37. The van der Waals surface area contributed by atoms with E-state index in [4.69, 9.17) is 4.74 Å². The first kappa shape index (κ1) is 22.4. The standard InChI is InChI=1S/C30H50O2/c1-19(2)20-9-10-21-26(20,5)15-16-28(7)27(21,6)14-11-22-29(18-31)13-8-12-25(3,4)23(29)17-24-30(22,28)32-24/h19-24,31H,8-18H2,1-7H3/t20-,21?,22?,23?,24-,26-,27+,28+,29+,30+/m1/s1. The van der Waals surface area contributed by atoms with Crippen LogP contribution in [0, 0.1) is 56.7 Å². The van der Waals surface area contributed by atoms with Gasteiger partial charge in [-0.3, -0.25) is 0 Å². The van der Waals surface area contributed by atoms with Crippen LogP contribution in [0.1, 0.15) is 113 Å². The lowest BCUT2D eigenvalue weighted by atomic mass is 9.33. The van der Waals surface area contributed by atoms with Crippen LogP contribution in [-0.2, 0) is 4.74 Å². The Balaban J connectivity index is 1.43. The maximum absolute atomic E-state index is 11.1. The fourth-order valence-corrected chi connectivity index (χ4v) is 12.5. The summed E-state index contributed by atoms with van der Waals surface area (Å²) in [5.74, 6) is 3.71. The van der Waals surface area contributed by atoms with Crippen molar-refractivity contribution >= 4 is 0 Å². The molecule has 0 radical (unpaired) electrons. The summed E-state index contributed by atoms with van der Waals surface area (Å²) in [6.45, 7) is 18.3. The van der Waals surface area contributed by atoms with E-state index in [1.165, 1.54) is 64.2 Å². The Hall–Kier alpha value is -0.0800. The van der Waals surface area contributed by atoms with Gasteiger partial charge in [0.15, 0.2) is 0 Å². The third-order valence-electron chi connectivity index (χ3n) is 14.0. The van der Waals surface area contributed by atoms with Gasteiger partial charge >= 0.3 is 0 Å². The highest BCUT2D eigenvalue weighted by atomic mass is 16.6. The summed E-state index contributed by atoms with van der Waals surface area (Å²) in [4.78, 5) is 0. The third-order valence-corrected chi connectivity index (χ3v) is 14.0. The van der Waals surface area contributed by atoms with Crippen LogP contribution in [-0.4, -0.2) is 23.4 Å². The minimum absolute atomic E-state index is 0.0455. The number of rotatable bonds is 2. The first-order valence-corrected chi connectivity index (χ1v) is 14.2. The van der Waals surface area contributed by atoms with Crippen LogP contribution < -0.4 is 0 Å². The highest BCUT2D eigenvalue weighted by molar-refractivity contribution is 5.32. The number of ether oxygens (including phenoxy) is 1. The highest BCUT2D eigenvalue weighted by Crippen LogP contribution is 2.83. The highest BCUT2D eigenvalue weighted by Gasteiger charge is 2.84. The van der Waals surface area contributed by atoms with Crippen LogP contribution in [0.15, 0.2) is 0 Å². The van der Waals surface area contributed by atoms with Crippen LogP contribution >= 0.6 is 0 Å². The van der Waals surface area contributed by atoms with Crippen LogP contribution in [0.2, 0.25) is 0 Å². The average molecular weight is 443 g/mol. The molecule has 0 aromatic heterocycles. The largest absolute Gasteiger partial charge is 0.396 e. The van der Waals surface area contributed by atoms with Crippen molar-refractivity contribution in [2.75, 3.05) is 6.61 Å². The molecule has 0 aromatic carbocycles. The van der Waals surface area contributed by atoms with Crippen molar-refractivity contribution in [2.24, 2.45) is 56.7 Å². The van der Waals surface area contributed by atoms with Crippen molar-refractivity contribution in [1.82, 2.24) is 0 Å².